The smallest absolute Gasteiger partial charge is 0.410 e. The van der Waals surface area contributed by atoms with Crippen LogP contribution in [0.15, 0.2) is 22.7 Å². The number of likely N-dealkylation sites (tertiary alicyclic amines) is 1. The van der Waals surface area contributed by atoms with Crippen LogP contribution in [-0.4, -0.2) is 42.3 Å². The zero-order valence-corrected chi connectivity index (χ0v) is 19.3. The predicted molar refractivity (Wildman–Crippen MR) is 113 cm³/mol. The molecule has 1 aromatic carbocycles. The van der Waals surface area contributed by atoms with Crippen LogP contribution in [0.1, 0.15) is 52.5 Å². The summed E-state index contributed by atoms with van der Waals surface area (Å²) >= 11 is 3.31. The maximum absolute atomic E-state index is 13.8. The van der Waals surface area contributed by atoms with E-state index in [1.54, 1.807) is 4.90 Å². The fourth-order valence-corrected chi connectivity index (χ4v) is 3.97. The first-order valence-electron chi connectivity index (χ1n) is 10.2. The molecule has 0 unspecified atom stereocenters. The van der Waals surface area contributed by atoms with E-state index in [4.69, 9.17) is 9.47 Å². The zero-order chi connectivity index (χ0) is 21.6. The van der Waals surface area contributed by atoms with Crippen molar-refractivity contribution < 1.29 is 23.5 Å². The van der Waals surface area contributed by atoms with Crippen LogP contribution >= 0.6 is 15.9 Å². The Labute approximate surface area is 181 Å². The Kier molecular flexibility index (Phi) is 8.49. The van der Waals surface area contributed by atoms with E-state index >= 15 is 0 Å². The molecule has 1 fully saturated rings. The molecule has 0 aromatic heterocycles. The maximum Gasteiger partial charge on any atom is 0.410 e. The summed E-state index contributed by atoms with van der Waals surface area (Å²) in [6, 6.07) is 4.64. The molecule has 7 heteroatoms. The van der Waals surface area contributed by atoms with Crippen molar-refractivity contribution in [2.24, 2.45) is 11.8 Å². The van der Waals surface area contributed by atoms with Crippen molar-refractivity contribution in [2.45, 2.75) is 59.0 Å². The Morgan fingerprint density at radius 3 is 2.66 bits per heavy atom. The molecule has 0 aliphatic carbocycles. The highest BCUT2D eigenvalue weighted by molar-refractivity contribution is 9.10. The lowest BCUT2D eigenvalue weighted by molar-refractivity contribution is -0.150. The Bertz CT molecular complexity index is 699. The van der Waals surface area contributed by atoms with Crippen molar-refractivity contribution >= 4 is 28.0 Å². The van der Waals surface area contributed by atoms with Gasteiger partial charge in [-0.3, -0.25) is 4.79 Å². The van der Waals surface area contributed by atoms with Crippen molar-refractivity contribution in [2.75, 3.05) is 19.7 Å². The molecular weight excluding hydrogens is 441 g/mol. The van der Waals surface area contributed by atoms with Crippen molar-refractivity contribution in [3.63, 3.8) is 0 Å². The van der Waals surface area contributed by atoms with Crippen LogP contribution in [-0.2, 0) is 20.7 Å². The summed E-state index contributed by atoms with van der Waals surface area (Å²) in [6.45, 7) is 8.85. The third-order valence-corrected chi connectivity index (χ3v) is 5.33. The lowest BCUT2D eigenvalue weighted by Gasteiger charge is -2.26. The van der Waals surface area contributed by atoms with E-state index in [0.717, 1.165) is 18.4 Å². The minimum absolute atomic E-state index is 0.0568. The Hall–Kier alpha value is -1.63. The van der Waals surface area contributed by atoms with Gasteiger partial charge in [0, 0.05) is 17.6 Å². The molecule has 0 radical (unpaired) electrons. The number of unbranched alkanes of at least 4 members (excludes halogenated alkanes) is 1. The van der Waals surface area contributed by atoms with E-state index in [1.165, 1.54) is 12.1 Å². The molecule has 5 nitrogen and oxygen atoms in total. The minimum Gasteiger partial charge on any atom is -0.465 e. The summed E-state index contributed by atoms with van der Waals surface area (Å²) in [6.07, 6.45) is 2.42. The summed E-state index contributed by atoms with van der Waals surface area (Å²) < 4.78 is 25.4. The quantitative estimate of drug-likeness (QED) is 0.397. The van der Waals surface area contributed by atoms with Gasteiger partial charge in [-0.2, -0.15) is 0 Å². The second-order valence-corrected chi connectivity index (χ2v) is 9.50. The lowest BCUT2D eigenvalue weighted by atomic mass is 9.86. The van der Waals surface area contributed by atoms with Crippen LogP contribution < -0.4 is 0 Å². The first-order valence-corrected chi connectivity index (χ1v) is 11.0. The highest BCUT2D eigenvalue weighted by atomic mass is 79.9. The Balaban J connectivity index is 2.12. The van der Waals surface area contributed by atoms with Crippen LogP contribution in [0, 0.1) is 17.7 Å². The van der Waals surface area contributed by atoms with Gasteiger partial charge in [0.15, 0.2) is 0 Å². The molecular formula is C22H31BrFNO4. The zero-order valence-electron chi connectivity index (χ0n) is 17.7. The largest absolute Gasteiger partial charge is 0.465 e. The van der Waals surface area contributed by atoms with Crippen LogP contribution in [0.25, 0.3) is 0 Å². The van der Waals surface area contributed by atoms with E-state index in [9.17, 15) is 14.0 Å². The van der Waals surface area contributed by atoms with Crippen molar-refractivity contribution in [1.29, 1.82) is 0 Å². The fourth-order valence-electron chi connectivity index (χ4n) is 3.46. The van der Waals surface area contributed by atoms with Gasteiger partial charge >= 0.3 is 12.1 Å². The number of hydrogen-bond acceptors (Lipinski definition) is 4. The van der Waals surface area contributed by atoms with Crippen molar-refractivity contribution in [3.8, 4) is 0 Å². The molecule has 1 aliphatic heterocycles. The predicted octanol–water partition coefficient (Wildman–Crippen LogP) is 5.35. The molecule has 1 aromatic rings. The number of benzene rings is 1. The van der Waals surface area contributed by atoms with Gasteiger partial charge in [0.05, 0.1) is 12.5 Å². The summed E-state index contributed by atoms with van der Waals surface area (Å²) in [5.41, 5.74) is 0.159. The number of carbonyl (C=O) groups excluding carboxylic acids is 2. The van der Waals surface area contributed by atoms with Crippen LogP contribution in [0.3, 0.4) is 0 Å². The Morgan fingerprint density at radius 1 is 1.31 bits per heavy atom. The van der Waals surface area contributed by atoms with E-state index in [-0.39, 0.29) is 23.8 Å². The number of amides is 1. The normalized spacial score (nSPS) is 17.9. The molecule has 29 heavy (non-hydrogen) atoms. The number of rotatable bonds is 7. The molecule has 0 saturated carbocycles. The van der Waals surface area contributed by atoms with Crippen LogP contribution in [0.5, 0.6) is 0 Å². The number of esters is 1. The van der Waals surface area contributed by atoms with E-state index < -0.39 is 11.5 Å². The average Bonchev–Trinajstić information content (AvgIpc) is 3.07. The van der Waals surface area contributed by atoms with Gasteiger partial charge in [-0.15, -0.1) is 0 Å². The van der Waals surface area contributed by atoms with Crippen LogP contribution in [0.2, 0.25) is 0 Å². The molecule has 0 N–H and O–H groups in total. The highest BCUT2D eigenvalue weighted by Gasteiger charge is 2.38. The molecule has 2 atom stereocenters. The first-order chi connectivity index (χ1) is 13.6. The molecule has 1 amide bonds. The second-order valence-electron chi connectivity index (χ2n) is 8.58. The molecule has 1 heterocycles. The maximum atomic E-state index is 13.8. The third kappa shape index (κ3) is 7.61. The summed E-state index contributed by atoms with van der Waals surface area (Å²) in [4.78, 5) is 26.9. The molecule has 0 spiro atoms. The minimum atomic E-state index is -0.568. The van der Waals surface area contributed by atoms with Gasteiger partial charge in [0.1, 0.15) is 11.4 Å². The Morgan fingerprint density at radius 2 is 2.03 bits per heavy atom. The van der Waals surface area contributed by atoms with Gasteiger partial charge < -0.3 is 14.4 Å². The number of ether oxygens (including phenoxy) is 2. The lowest BCUT2D eigenvalue weighted by Crippen LogP contribution is -2.37. The monoisotopic (exact) mass is 471 g/mol. The summed E-state index contributed by atoms with van der Waals surface area (Å²) in [5.74, 6) is -1.13. The second kappa shape index (κ2) is 10.4. The van der Waals surface area contributed by atoms with E-state index in [1.807, 2.05) is 33.8 Å². The number of nitrogens with zero attached hydrogens (tertiary/aromatic N) is 1. The van der Waals surface area contributed by atoms with Crippen LogP contribution in [0.4, 0.5) is 9.18 Å². The molecule has 1 saturated heterocycles. The van der Waals surface area contributed by atoms with Crippen molar-refractivity contribution in [3.05, 3.63) is 34.1 Å². The summed E-state index contributed by atoms with van der Waals surface area (Å²) in [5, 5.41) is 0. The van der Waals surface area contributed by atoms with Crippen molar-refractivity contribution in [1.82, 2.24) is 4.90 Å². The van der Waals surface area contributed by atoms with E-state index in [2.05, 4.69) is 15.9 Å². The standard InChI is InChI=1S/C22H31BrFNO4/c1-5-6-9-28-20(26)19(12-15-10-17(23)13-18(24)11-15)16-7-8-25(14-16)21(27)29-22(2,3)4/h10-11,13,16,19H,5-9,12,14H2,1-4H3/t16-,19-/m0/s1. The molecule has 2 rings (SSSR count). The summed E-state index contributed by atoms with van der Waals surface area (Å²) in [7, 11) is 0. The number of halogens is 2. The van der Waals surface area contributed by atoms with Gasteiger partial charge in [-0.1, -0.05) is 29.3 Å². The molecule has 162 valence electrons. The van der Waals surface area contributed by atoms with Gasteiger partial charge in [0.2, 0.25) is 0 Å². The van der Waals surface area contributed by atoms with Gasteiger partial charge in [-0.05, 0) is 69.7 Å². The average molecular weight is 472 g/mol. The topological polar surface area (TPSA) is 55.8 Å². The fraction of sp³-hybridized carbons (Fsp3) is 0.636. The SMILES string of the molecule is CCCCOC(=O)[C@@H](Cc1cc(F)cc(Br)c1)[C@H]1CCN(C(=O)OC(C)(C)C)C1. The van der Waals surface area contributed by atoms with E-state index in [0.29, 0.717) is 37.0 Å². The first kappa shape index (κ1) is 23.6. The highest BCUT2D eigenvalue weighted by Crippen LogP contribution is 2.30. The van der Waals surface area contributed by atoms with Gasteiger partial charge in [-0.25, -0.2) is 9.18 Å². The number of hydrogen-bond donors (Lipinski definition) is 0. The molecule has 0 bridgehead atoms. The van der Waals surface area contributed by atoms with Gasteiger partial charge in [0.25, 0.3) is 0 Å². The number of carbonyl (C=O) groups is 2. The third-order valence-electron chi connectivity index (χ3n) is 4.87. The molecule has 1 aliphatic rings.